The van der Waals surface area contributed by atoms with Gasteiger partial charge < -0.3 is 5.32 Å². The van der Waals surface area contributed by atoms with Crippen molar-refractivity contribution in [1.29, 1.82) is 5.26 Å². The highest BCUT2D eigenvalue weighted by Crippen LogP contribution is 2.36. The lowest BCUT2D eigenvalue weighted by Gasteiger charge is -2.30. The third-order valence-corrected chi connectivity index (χ3v) is 3.83. The summed E-state index contributed by atoms with van der Waals surface area (Å²) in [5, 5.41) is 12.3. The molecule has 4 heteroatoms. The van der Waals surface area contributed by atoms with E-state index in [0.717, 1.165) is 25.0 Å². The molecule has 1 unspecified atom stereocenters. The van der Waals surface area contributed by atoms with Crippen LogP contribution in [0.2, 0.25) is 0 Å². The number of nitrogens with zero attached hydrogens (tertiary/aromatic N) is 2. The Kier molecular flexibility index (Phi) is 4.16. The summed E-state index contributed by atoms with van der Waals surface area (Å²) in [6.07, 6.45) is 6.08. The van der Waals surface area contributed by atoms with Crippen molar-refractivity contribution in [2.75, 3.05) is 0 Å². The number of hydrogen-bond acceptors (Lipinski definition) is 3. The van der Waals surface area contributed by atoms with Crippen LogP contribution in [0.25, 0.3) is 0 Å². The van der Waals surface area contributed by atoms with Crippen LogP contribution in [0.4, 0.5) is 0 Å². The maximum Gasteiger partial charge on any atom is 0.241 e. The van der Waals surface area contributed by atoms with Crippen LogP contribution in [-0.4, -0.2) is 10.9 Å². The highest BCUT2D eigenvalue weighted by Gasteiger charge is 2.40. The van der Waals surface area contributed by atoms with Crippen molar-refractivity contribution in [3.8, 4) is 6.07 Å². The Morgan fingerprint density at radius 3 is 2.74 bits per heavy atom. The van der Waals surface area contributed by atoms with Crippen molar-refractivity contribution < 1.29 is 4.79 Å². The number of pyridine rings is 1. The molecule has 19 heavy (non-hydrogen) atoms. The van der Waals surface area contributed by atoms with E-state index in [1.165, 1.54) is 0 Å². The molecule has 100 valence electrons. The van der Waals surface area contributed by atoms with Gasteiger partial charge in [-0.05, 0) is 31.9 Å². The number of nitriles is 1. The van der Waals surface area contributed by atoms with Crippen LogP contribution in [0.1, 0.15) is 50.8 Å². The summed E-state index contributed by atoms with van der Waals surface area (Å²) < 4.78 is 0. The molecular formula is C15H19N3O. The second-order valence-electron chi connectivity index (χ2n) is 5.20. The number of hydrogen-bond donors (Lipinski definition) is 1. The van der Waals surface area contributed by atoms with Crippen LogP contribution in [-0.2, 0) is 4.79 Å². The van der Waals surface area contributed by atoms with Crippen LogP contribution < -0.4 is 5.32 Å². The number of nitrogens with one attached hydrogen (secondary N) is 1. The maximum absolute atomic E-state index is 12.4. The Balaban J connectivity index is 2.06. The van der Waals surface area contributed by atoms with Crippen molar-refractivity contribution in [2.24, 2.45) is 5.41 Å². The zero-order chi connectivity index (χ0) is 13.7. The summed E-state index contributed by atoms with van der Waals surface area (Å²) >= 11 is 0. The van der Waals surface area contributed by atoms with Crippen LogP contribution in [0, 0.1) is 16.7 Å². The largest absolute Gasteiger partial charge is 0.347 e. The second kappa shape index (κ2) is 5.83. The van der Waals surface area contributed by atoms with E-state index >= 15 is 0 Å². The summed E-state index contributed by atoms with van der Waals surface area (Å²) in [5.74, 6) is -0.146. The lowest BCUT2D eigenvalue weighted by Crippen LogP contribution is -2.42. The maximum atomic E-state index is 12.4. The molecule has 1 atom stereocenters. The lowest BCUT2D eigenvalue weighted by atomic mass is 9.74. The van der Waals surface area contributed by atoms with Gasteiger partial charge in [0.15, 0.2) is 0 Å². The molecule has 0 spiro atoms. The fraction of sp³-hybridized carbons (Fsp3) is 0.533. The average Bonchev–Trinajstić information content (AvgIpc) is 2.48. The van der Waals surface area contributed by atoms with E-state index in [1.54, 1.807) is 6.20 Å². The van der Waals surface area contributed by atoms with Crippen molar-refractivity contribution in [2.45, 2.75) is 45.1 Å². The Morgan fingerprint density at radius 2 is 2.16 bits per heavy atom. The number of rotatable bonds is 3. The number of amides is 1. The second-order valence-corrected chi connectivity index (χ2v) is 5.20. The van der Waals surface area contributed by atoms with Crippen molar-refractivity contribution in [3.05, 3.63) is 30.1 Å². The average molecular weight is 257 g/mol. The molecule has 2 rings (SSSR count). The molecule has 0 radical (unpaired) electrons. The van der Waals surface area contributed by atoms with Crippen LogP contribution in [0.15, 0.2) is 24.4 Å². The SMILES string of the molecule is CC(NC(=O)C1(C#N)CCCCC1)c1ccccn1. The van der Waals surface area contributed by atoms with Gasteiger partial charge >= 0.3 is 0 Å². The minimum Gasteiger partial charge on any atom is -0.347 e. The molecule has 1 heterocycles. The summed E-state index contributed by atoms with van der Waals surface area (Å²) in [6, 6.07) is 7.69. The lowest BCUT2D eigenvalue weighted by molar-refractivity contribution is -0.130. The first-order valence-electron chi connectivity index (χ1n) is 6.81. The highest BCUT2D eigenvalue weighted by atomic mass is 16.2. The van der Waals surface area contributed by atoms with E-state index in [0.29, 0.717) is 12.8 Å². The Bertz CT molecular complexity index is 472. The Hall–Kier alpha value is -1.89. The molecule has 4 nitrogen and oxygen atoms in total. The highest BCUT2D eigenvalue weighted by molar-refractivity contribution is 5.85. The van der Waals surface area contributed by atoms with E-state index < -0.39 is 5.41 Å². The minimum atomic E-state index is -0.832. The van der Waals surface area contributed by atoms with Gasteiger partial charge in [-0.3, -0.25) is 9.78 Å². The first kappa shape index (κ1) is 13.5. The van der Waals surface area contributed by atoms with Crippen molar-refractivity contribution in [1.82, 2.24) is 10.3 Å². The molecule has 1 saturated carbocycles. The molecule has 0 aromatic carbocycles. The van der Waals surface area contributed by atoms with Crippen LogP contribution >= 0.6 is 0 Å². The number of carbonyl (C=O) groups excluding carboxylic acids is 1. The van der Waals surface area contributed by atoms with E-state index in [1.807, 2.05) is 25.1 Å². The van der Waals surface area contributed by atoms with Gasteiger partial charge in [0.25, 0.3) is 0 Å². The van der Waals surface area contributed by atoms with E-state index in [4.69, 9.17) is 0 Å². The molecule has 1 aliphatic rings. The first-order valence-corrected chi connectivity index (χ1v) is 6.81. The predicted molar refractivity (Wildman–Crippen MR) is 71.9 cm³/mol. The van der Waals surface area contributed by atoms with Gasteiger partial charge in [0.05, 0.1) is 17.8 Å². The standard InChI is InChI=1S/C15H19N3O/c1-12(13-7-3-6-10-17-13)18-14(19)15(11-16)8-4-2-5-9-15/h3,6-7,10,12H,2,4-5,8-9H2,1H3,(H,18,19). The summed E-state index contributed by atoms with van der Waals surface area (Å²) in [5.41, 5.74) is -0.0128. The topological polar surface area (TPSA) is 65.8 Å². The molecule has 0 aliphatic heterocycles. The summed E-state index contributed by atoms with van der Waals surface area (Å²) in [4.78, 5) is 16.6. The third-order valence-electron chi connectivity index (χ3n) is 3.83. The normalized spacial score (nSPS) is 19.2. The Labute approximate surface area is 113 Å². The number of aromatic nitrogens is 1. The van der Waals surface area contributed by atoms with Gasteiger partial charge in [-0.15, -0.1) is 0 Å². The fourth-order valence-electron chi connectivity index (χ4n) is 2.59. The molecule has 1 aliphatic carbocycles. The van der Waals surface area contributed by atoms with Crippen molar-refractivity contribution >= 4 is 5.91 Å². The van der Waals surface area contributed by atoms with Gasteiger partial charge in [0.2, 0.25) is 5.91 Å². The molecule has 0 saturated heterocycles. The van der Waals surface area contributed by atoms with E-state index in [9.17, 15) is 10.1 Å². The van der Waals surface area contributed by atoms with E-state index in [-0.39, 0.29) is 11.9 Å². The zero-order valence-corrected chi connectivity index (χ0v) is 11.2. The molecule has 1 amide bonds. The summed E-state index contributed by atoms with van der Waals surface area (Å²) in [6.45, 7) is 1.90. The van der Waals surface area contributed by atoms with E-state index in [2.05, 4.69) is 16.4 Å². The van der Waals surface area contributed by atoms with Gasteiger partial charge in [0, 0.05) is 6.20 Å². The predicted octanol–water partition coefficient (Wildman–Crippen LogP) is 2.73. The minimum absolute atomic E-state index is 0.146. The van der Waals surface area contributed by atoms with Gasteiger partial charge in [-0.2, -0.15) is 5.26 Å². The fourth-order valence-corrected chi connectivity index (χ4v) is 2.59. The molecule has 1 N–H and O–H groups in total. The monoisotopic (exact) mass is 257 g/mol. The molecule has 1 aromatic rings. The zero-order valence-electron chi connectivity index (χ0n) is 11.2. The first-order chi connectivity index (χ1) is 9.18. The van der Waals surface area contributed by atoms with Gasteiger partial charge in [-0.1, -0.05) is 25.3 Å². The molecule has 1 aromatic heterocycles. The van der Waals surface area contributed by atoms with Crippen molar-refractivity contribution in [3.63, 3.8) is 0 Å². The van der Waals surface area contributed by atoms with Gasteiger partial charge in [0.1, 0.15) is 5.41 Å². The smallest absolute Gasteiger partial charge is 0.241 e. The quantitative estimate of drug-likeness (QED) is 0.905. The number of carbonyl (C=O) groups is 1. The van der Waals surface area contributed by atoms with Crippen LogP contribution in [0.5, 0.6) is 0 Å². The molecule has 0 bridgehead atoms. The molecule has 1 fully saturated rings. The van der Waals surface area contributed by atoms with Gasteiger partial charge in [-0.25, -0.2) is 0 Å². The van der Waals surface area contributed by atoms with Crippen LogP contribution in [0.3, 0.4) is 0 Å². The summed E-state index contributed by atoms with van der Waals surface area (Å²) in [7, 11) is 0. The Morgan fingerprint density at radius 1 is 1.42 bits per heavy atom. The molecular weight excluding hydrogens is 238 g/mol. The third kappa shape index (κ3) is 2.93.